The smallest absolute Gasteiger partial charge is 0.162 e. The summed E-state index contributed by atoms with van der Waals surface area (Å²) in [5, 5.41) is 0. The molecular weight excluding hydrogens is 272 g/mol. The lowest BCUT2D eigenvalue weighted by atomic mass is 9.75. The maximum Gasteiger partial charge on any atom is 0.162 e. The van der Waals surface area contributed by atoms with Crippen LogP contribution < -0.4 is 10.5 Å². The number of para-hydroxylation sites is 1. The van der Waals surface area contributed by atoms with E-state index in [4.69, 9.17) is 10.5 Å². The molecule has 2 N–H and O–H groups in total. The number of rotatable bonds is 3. The first-order valence-corrected chi connectivity index (χ1v) is 6.97. The highest BCUT2D eigenvalue weighted by atomic mass is 19.2. The Bertz CT molecular complexity index is 659. The van der Waals surface area contributed by atoms with Gasteiger partial charge in [0.1, 0.15) is 5.75 Å². The molecule has 0 amide bonds. The molecule has 0 spiro atoms. The van der Waals surface area contributed by atoms with Crippen molar-refractivity contribution in [2.24, 2.45) is 11.1 Å². The summed E-state index contributed by atoms with van der Waals surface area (Å²) in [5.41, 5.74) is 6.95. The van der Waals surface area contributed by atoms with Crippen molar-refractivity contribution < 1.29 is 13.5 Å². The number of hydrogen-bond acceptors (Lipinski definition) is 2. The van der Waals surface area contributed by atoms with Gasteiger partial charge in [-0.25, -0.2) is 8.78 Å². The average molecular weight is 289 g/mol. The van der Waals surface area contributed by atoms with E-state index in [9.17, 15) is 8.78 Å². The standard InChI is InChI=1S/C17H17F2NO/c18-14-6-3-5-13(16(14)19)9-17(10-20)8-12-4-1-2-7-15(12)21-11-17/h1-7H,8-11,20H2. The molecule has 4 heteroatoms. The molecule has 1 unspecified atom stereocenters. The Morgan fingerprint density at radius 3 is 2.71 bits per heavy atom. The van der Waals surface area contributed by atoms with Crippen LogP contribution >= 0.6 is 0 Å². The van der Waals surface area contributed by atoms with Crippen molar-refractivity contribution in [2.45, 2.75) is 12.8 Å². The molecule has 21 heavy (non-hydrogen) atoms. The van der Waals surface area contributed by atoms with E-state index in [0.717, 1.165) is 17.4 Å². The Labute approximate surface area is 122 Å². The molecule has 1 aliphatic heterocycles. The minimum absolute atomic E-state index is 0.350. The van der Waals surface area contributed by atoms with Crippen LogP contribution in [0.1, 0.15) is 11.1 Å². The van der Waals surface area contributed by atoms with Crippen LogP contribution in [0, 0.1) is 17.0 Å². The van der Waals surface area contributed by atoms with Gasteiger partial charge in [-0.2, -0.15) is 0 Å². The summed E-state index contributed by atoms with van der Waals surface area (Å²) in [4.78, 5) is 0. The van der Waals surface area contributed by atoms with Gasteiger partial charge in [-0.15, -0.1) is 0 Å². The van der Waals surface area contributed by atoms with Gasteiger partial charge < -0.3 is 10.5 Å². The second-order valence-electron chi connectivity index (χ2n) is 5.67. The zero-order valence-electron chi connectivity index (χ0n) is 11.6. The van der Waals surface area contributed by atoms with Gasteiger partial charge in [-0.1, -0.05) is 30.3 Å². The Kier molecular flexibility index (Phi) is 3.64. The topological polar surface area (TPSA) is 35.2 Å². The fourth-order valence-corrected chi connectivity index (χ4v) is 2.88. The van der Waals surface area contributed by atoms with Gasteiger partial charge in [-0.05, 0) is 36.1 Å². The number of ether oxygens (including phenoxy) is 1. The molecule has 2 nitrogen and oxygen atoms in total. The summed E-state index contributed by atoms with van der Waals surface area (Å²) >= 11 is 0. The van der Waals surface area contributed by atoms with Gasteiger partial charge in [0.2, 0.25) is 0 Å². The zero-order chi connectivity index (χ0) is 14.9. The van der Waals surface area contributed by atoms with E-state index >= 15 is 0 Å². The van der Waals surface area contributed by atoms with E-state index in [2.05, 4.69) is 0 Å². The first-order chi connectivity index (χ1) is 10.1. The highest BCUT2D eigenvalue weighted by molar-refractivity contribution is 5.37. The average Bonchev–Trinajstić information content (AvgIpc) is 2.52. The molecule has 3 rings (SSSR count). The highest BCUT2D eigenvalue weighted by Crippen LogP contribution is 2.36. The lowest BCUT2D eigenvalue weighted by Crippen LogP contribution is -2.43. The summed E-state index contributed by atoms with van der Waals surface area (Å²) < 4.78 is 33.0. The summed E-state index contributed by atoms with van der Waals surface area (Å²) in [6.07, 6.45) is 1.07. The zero-order valence-corrected chi connectivity index (χ0v) is 11.6. The number of nitrogens with two attached hydrogens (primary N) is 1. The van der Waals surface area contributed by atoms with E-state index in [1.54, 1.807) is 6.07 Å². The van der Waals surface area contributed by atoms with Crippen LogP contribution in [0.15, 0.2) is 42.5 Å². The van der Waals surface area contributed by atoms with Crippen LogP contribution in [0.25, 0.3) is 0 Å². The van der Waals surface area contributed by atoms with Crippen LogP contribution in [0.5, 0.6) is 5.75 Å². The lowest BCUT2D eigenvalue weighted by Gasteiger charge is -2.37. The van der Waals surface area contributed by atoms with Gasteiger partial charge in [-0.3, -0.25) is 0 Å². The molecule has 2 aromatic rings. The van der Waals surface area contributed by atoms with Crippen molar-refractivity contribution in [2.75, 3.05) is 13.2 Å². The summed E-state index contributed by atoms with van der Waals surface area (Å²) in [7, 11) is 0. The third-order valence-corrected chi connectivity index (χ3v) is 4.10. The van der Waals surface area contributed by atoms with Crippen molar-refractivity contribution in [1.82, 2.24) is 0 Å². The lowest BCUT2D eigenvalue weighted by molar-refractivity contribution is 0.125. The minimum Gasteiger partial charge on any atom is -0.493 e. The molecular formula is C17H17F2NO. The van der Waals surface area contributed by atoms with Crippen LogP contribution in [0.4, 0.5) is 8.78 Å². The molecule has 1 heterocycles. The van der Waals surface area contributed by atoms with Crippen LogP contribution in [-0.4, -0.2) is 13.2 Å². The van der Waals surface area contributed by atoms with Gasteiger partial charge in [0.05, 0.1) is 6.61 Å². The summed E-state index contributed by atoms with van der Waals surface area (Å²) in [6, 6.07) is 12.0. The molecule has 0 saturated heterocycles. The van der Waals surface area contributed by atoms with Gasteiger partial charge in [0, 0.05) is 12.0 Å². The number of halogens is 2. The largest absolute Gasteiger partial charge is 0.493 e. The Morgan fingerprint density at radius 1 is 1.10 bits per heavy atom. The second kappa shape index (κ2) is 5.45. The van der Waals surface area contributed by atoms with Crippen molar-refractivity contribution in [3.05, 3.63) is 65.2 Å². The monoisotopic (exact) mass is 289 g/mol. The predicted octanol–water partition coefficient (Wildman–Crippen LogP) is 3.09. The molecule has 0 aromatic heterocycles. The fraction of sp³-hybridized carbons (Fsp3) is 0.294. The number of benzene rings is 2. The molecule has 0 saturated carbocycles. The SMILES string of the molecule is NCC1(Cc2cccc(F)c2F)COc2ccccc2C1. The van der Waals surface area contributed by atoms with E-state index in [1.807, 2.05) is 24.3 Å². The second-order valence-corrected chi connectivity index (χ2v) is 5.67. The van der Waals surface area contributed by atoms with E-state index in [0.29, 0.717) is 31.6 Å². The van der Waals surface area contributed by atoms with E-state index in [-0.39, 0.29) is 0 Å². The molecule has 1 atom stereocenters. The van der Waals surface area contributed by atoms with E-state index < -0.39 is 17.0 Å². The van der Waals surface area contributed by atoms with Crippen molar-refractivity contribution >= 4 is 0 Å². The maximum absolute atomic E-state index is 13.9. The number of hydrogen-bond donors (Lipinski definition) is 1. The van der Waals surface area contributed by atoms with Crippen LogP contribution in [-0.2, 0) is 12.8 Å². The Hall–Kier alpha value is -1.94. The number of fused-ring (bicyclic) bond motifs is 1. The maximum atomic E-state index is 13.9. The fourth-order valence-electron chi connectivity index (χ4n) is 2.88. The van der Waals surface area contributed by atoms with Crippen molar-refractivity contribution in [3.8, 4) is 5.75 Å². The van der Waals surface area contributed by atoms with Crippen LogP contribution in [0.3, 0.4) is 0 Å². The minimum atomic E-state index is -0.822. The van der Waals surface area contributed by atoms with Crippen LogP contribution in [0.2, 0.25) is 0 Å². The molecule has 0 radical (unpaired) electrons. The Morgan fingerprint density at radius 2 is 1.90 bits per heavy atom. The molecule has 0 bridgehead atoms. The van der Waals surface area contributed by atoms with Gasteiger partial charge in [0.15, 0.2) is 11.6 Å². The van der Waals surface area contributed by atoms with E-state index in [1.165, 1.54) is 6.07 Å². The van der Waals surface area contributed by atoms with Gasteiger partial charge in [0.25, 0.3) is 0 Å². The molecule has 110 valence electrons. The molecule has 2 aromatic carbocycles. The van der Waals surface area contributed by atoms with Crippen molar-refractivity contribution in [1.29, 1.82) is 0 Å². The predicted molar refractivity (Wildman–Crippen MR) is 77.2 cm³/mol. The summed E-state index contributed by atoms with van der Waals surface area (Å²) in [5.74, 6) is -0.762. The molecule has 0 aliphatic carbocycles. The summed E-state index contributed by atoms with van der Waals surface area (Å²) in [6.45, 7) is 0.772. The first-order valence-electron chi connectivity index (χ1n) is 6.97. The molecule has 0 fully saturated rings. The quantitative estimate of drug-likeness (QED) is 0.942. The third kappa shape index (κ3) is 2.63. The Balaban J connectivity index is 1.91. The normalized spacial score (nSPS) is 20.7. The highest BCUT2D eigenvalue weighted by Gasteiger charge is 2.35. The van der Waals surface area contributed by atoms with Gasteiger partial charge >= 0.3 is 0 Å². The van der Waals surface area contributed by atoms with Crippen molar-refractivity contribution in [3.63, 3.8) is 0 Å². The third-order valence-electron chi connectivity index (χ3n) is 4.10. The molecule has 1 aliphatic rings. The first kappa shape index (κ1) is 14.0.